The third kappa shape index (κ3) is 3.89. The Morgan fingerprint density at radius 1 is 1.15 bits per heavy atom. The van der Waals surface area contributed by atoms with Gasteiger partial charge in [0, 0.05) is 32.1 Å². The number of benzene rings is 2. The number of nitrogens with one attached hydrogen (secondary N) is 1. The van der Waals surface area contributed by atoms with Crippen LogP contribution in [0.1, 0.15) is 27.3 Å². The van der Waals surface area contributed by atoms with Gasteiger partial charge < -0.3 is 4.57 Å². The summed E-state index contributed by atoms with van der Waals surface area (Å²) in [6.07, 6.45) is 1.65. The molecule has 4 nitrogen and oxygen atoms in total. The third-order valence-corrected chi connectivity index (χ3v) is 4.95. The lowest BCUT2D eigenvalue weighted by atomic mass is 10.2. The second kappa shape index (κ2) is 7.89. The molecule has 132 valence electrons. The van der Waals surface area contributed by atoms with E-state index in [-0.39, 0.29) is 5.91 Å². The van der Waals surface area contributed by atoms with Gasteiger partial charge in [-0.05, 0) is 66.2 Å². The molecule has 0 fully saturated rings. The van der Waals surface area contributed by atoms with Gasteiger partial charge in [0.1, 0.15) is 0 Å². The van der Waals surface area contributed by atoms with Crippen molar-refractivity contribution in [2.45, 2.75) is 13.8 Å². The Bertz CT molecular complexity index is 994. The molecule has 6 heteroatoms. The number of aryl methyl sites for hydroxylation is 1. The molecule has 2 aromatic carbocycles. The van der Waals surface area contributed by atoms with E-state index in [1.807, 2.05) is 62.4 Å². The molecule has 1 N–H and O–H groups in total. The Kier molecular flexibility index (Phi) is 5.59. The maximum absolute atomic E-state index is 12.2. The first-order valence-electron chi connectivity index (χ1n) is 8.00. The Hall–Kier alpha value is -2.37. The highest BCUT2D eigenvalue weighted by Crippen LogP contribution is 2.22. The molecule has 0 aliphatic rings. The highest BCUT2D eigenvalue weighted by atomic mass is 79.9. The molecule has 0 saturated heterocycles. The van der Waals surface area contributed by atoms with Gasteiger partial charge in [0.05, 0.1) is 11.8 Å². The summed E-state index contributed by atoms with van der Waals surface area (Å²) in [6.45, 7) is 4.02. The van der Waals surface area contributed by atoms with Crippen molar-refractivity contribution in [2.24, 2.45) is 5.10 Å². The summed E-state index contributed by atoms with van der Waals surface area (Å²) >= 11 is 9.47. The lowest BCUT2D eigenvalue weighted by Crippen LogP contribution is -2.18. The molecule has 0 saturated carbocycles. The highest BCUT2D eigenvalue weighted by molar-refractivity contribution is 9.10. The van der Waals surface area contributed by atoms with Crippen LogP contribution in [0.5, 0.6) is 0 Å². The van der Waals surface area contributed by atoms with E-state index >= 15 is 0 Å². The molecule has 3 rings (SSSR count). The molecule has 1 heterocycles. The number of aromatic nitrogens is 1. The summed E-state index contributed by atoms with van der Waals surface area (Å²) in [6, 6.07) is 16.9. The second-order valence-corrected chi connectivity index (χ2v) is 7.11. The summed E-state index contributed by atoms with van der Waals surface area (Å²) < 4.78 is 2.83. The van der Waals surface area contributed by atoms with Gasteiger partial charge >= 0.3 is 0 Å². The van der Waals surface area contributed by atoms with Crippen molar-refractivity contribution >= 4 is 39.7 Å². The van der Waals surface area contributed by atoms with Crippen molar-refractivity contribution in [3.8, 4) is 5.69 Å². The number of halogens is 2. The number of rotatable bonds is 4. The normalized spacial score (nSPS) is 11.1. The van der Waals surface area contributed by atoms with Gasteiger partial charge in [-0.2, -0.15) is 5.10 Å². The molecular formula is C20H17BrClN3O. The molecule has 1 aromatic heterocycles. The first-order chi connectivity index (χ1) is 12.5. The molecule has 0 aliphatic heterocycles. The summed E-state index contributed by atoms with van der Waals surface area (Å²) in [5.74, 6) is -0.266. The van der Waals surface area contributed by atoms with Crippen LogP contribution in [0, 0.1) is 13.8 Å². The van der Waals surface area contributed by atoms with Crippen LogP contribution in [0.2, 0.25) is 5.02 Å². The zero-order valence-corrected chi connectivity index (χ0v) is 16.7. The molecule has 0 unspecified atom stereocenters. The van der Waals surface area contributed by atoms with Crippen molar-refractivity contribution in [1.82, 2.24) is 9.99 Å². The van der Waals surface area contributed by atoms with Crippen LogP contribution >= 0.6 is 27.5 Å². The van der Waals surface area contributed by atoms with Gasteiger partial charge in [-0.1, -0.05) is 29.8 Å². The van der Waals surface area contributed by atoms with E-state index in [0.717, 1.165) is 27.1 Å². The van der Waals surface area contributed by atoms with Gasteiger partial charge in [-0.25, -0.2) is 5.43 Å². The minimum absolute atomic E-state index is 0.266. The van der Waals surface area contributed by atoms with E-state index in [4.69, 9.17) is 11.6 Å². The Labute approximate surface area is 165 Å². The largest absolute Gasteiger partial charge is 0.318 e. The van der Waals surface area contributed by atoms with E-state index in [1.54, 1.807) is 12.3 Å². The van der Waals surface area contributed by atoms with Gasteiger partial charge in [-0.15, -0.1) is 0 Å². The predicted octanol–water partition coefficient (Wildman–Crippen LogP) is 5.27. The summed E-state index contributed by atoms with van der Waals surface area (Å²) in [4.78, 5) is 12.2. The van der Waals surface area contributed by atoms with E-state index < -0.39 is 0 Å². The number of hydrogen-bond donors (Lipinski definition) is 1. The average Bonchev–Trinajstić information content (AvgIpc) is 2.89. The summed E-state index contributed by atoms with van der Waals surface area (Å²) in [5.41, 5.74) is 7.09. The predicted molar refractivity (Wildman–Crippen MR) is 109 cm³/mol. The van der Waals surface area contributed by atoms with Crippen LogP contribution in [0.25, 0.3) is 5.69 Å². The zero-order valence-electron chi connectivity index (χ0n) is 14.3. The lowest BCUT2D eigenvalue weighted by Gasteiger charge is -2.09. The lowest BCUT2D eigenvalue weighted by molar-refractivity contribution is 0.0954. The number of hydrogen-bond acceptors (Lipinski definition) is 2. The topological polar surface area (TPSA) is 46.4 Å². The smallest absolute Gasteiger partial charge is 0.272 e. The minimum atomic E-state index is -0.266. The molecule has 0 bridgehead atoms. The third-order valence-electron chi connectivity index (χ3n) is 4.02. The Morgan fingerprint density at radius 3 is 2.65 bits per heavy atom. The maximum Gasteiger partial charge on any atom is 0.272 e. The van der Waals surface area contributed by atoms with Crippen LogP contribution in [0.15, 0.2) is 64.2 Å². The molecule has 3 aromatic rings. The fourth-order valence-corrected chi connectivity index (χ4v) is 3.45. The monoisotopic (exact) mass is 429 g/mol. The molecule has 0 atom stereocenters. The highest BCUT2D eigenvalue weighted by Gasteiger charge is 2.11. The van der Waals surface area contributed by atoms with Crippen molar-refractivity contribution in [2.75, 3.05) is 0 Å². The Balaban J connectivity index is 1.81. The van der Waals surface area contributed by atoms with Crippen molar-refractivity contribution < 1.29 is 4.79 Å². The second-order valence-electron chi connectivity index (χ2n) is 5.82. The standard InChI is InChI=1S/C20H17BrClN3O/c1-13-10-15(14(2)25(13)17-7-5-6-16(22)11-17)12-23-24-20(26)18-8-3-4-9-19(18)21/h3-12H,1-2H3,(H,24,26)/b23-12-. The van der Waals surface area contributed by atoms with E-state index in [0.29, 0.717) is 10.6 Å². The number of amides is 1. The van der Waals surface area contributed by atoms with E-state index in [1.165, 1.54) is 0 Å². The van der Waals surface area contributed by atoms with E-state index in [9.17, 15) is 4.79 Å². The summed E-state index contributed by atoms with van der Waals surface area (Å²) in [5, 5.41) is 4.79. The molecule has 0 radical (unpaired) electrons. The summed E-state index contributed by atoms with van der Waals surface area (Å²) in [7, 11) is 0. The zero-order chi connectivity index (χ0) is 18.7. The van der Waals surface area contributed by atoms with Crippen molar-refractivity contribution in [3.63, 3.8) is 0 Å². The SMILES string of the molecule is Cc1cc(/C=N\NC(=O)c2ccccc2Br)c(C)n1-c1cccc(Cl)c1. The first kappa shape index (κ1) is 18.4. The fourth-order valence-electron chi connectivity index (χ4n) is 2.80. The molecule has 0 spiro atoms. The van der Waals surface area contributed by atoms with Crippen LogP contribution in [-0.4, -0.2) is 16.7 Å². The number of hydrazone groups is 1. The van der Waals surface area contributed by atoms with Gasteiger partial charge in [0.2, 0.25) is 0 Å². The number of carbonyl (C=O) groups excluding carboxylic acids is 1. The number of nitrogens with zero attached hydrogens (tertiary/aromatic N) is 2. The van der Waals surface area contributed by atoms with Crippen LogP contribution in [-0.2, 0) is 0 Å². The van der Waals surface area contributed by atoms with Gasteiger partial charge in [0.15, 0.2) is 0 Å². The maximum atomic E-state index is 12.2. The first-order valence-corrected chi connectivity index (χ1v) is 9.17. The fraction of sp³-hybridized carbons (Fsp3) is 0.100. The molecule has 0 aliphatic carbocycles. The number of carbonyl (C=O) groups is 1. The minimum Gasteiger partial charge on any atom is -0.318 e. The van der Waals surface area contributed by atoms with Crippen molar-refractivity contribution in [3.05, 3.63) is 86.6 Å². The van der Waals surface area contributed by atoms with Gasteiger partial charge in [-0.3, -0.25) is 4.79 Å². The van der Waals surface area contributed by atoms with Crippen molar-refractivity contribution in [1.29, 1.82) is 0 Å². The molecule has 26 heavy (non-hydrogen) atoms. The van der Waals surface area contributed by atoms with Gasteiger partial charge in [0.25, 0.3) is 5.91 Å². The molecular weight excluding hydrogens is 414 g/mol. The van der Waals surface area contributed by atoms with Crippen LogP contribution in [0.3, 0.4) is 0 Å². The van der Waals surface area contributed by atoms with Crippen LogP contribution < -0.4 is 5.43 Å². The van der Waals surface area contributed by atoms with Crippen LogP contribution in [0.4, 0.5) is 0 Å². The quantitative estimate of drug-likeness (QED) is 0.444. The van der Waals surface area contributed by atoms with E-state index in [2.05, 4.69) is 31.0 Å². The Morgan fingerprint density at radius 2 is 1.92 bits per heavy atom. The average molecular weight is 431 g/mol. The molecule has 1 amide bonds.